The van der Waals surface area contributed by atoms with E-state index in [0.717, 1.165) is 47.5 Å². The quantitative estimate of drug-likeness (QED) is 0.365. The van der Waals surface area contributed by atoms with E-state index in [-0.39, 0.29) is 12.2 Å². The Morgan fingerprint density at radius 2 is 2.03 bits per heavy atom. The fourth-order valence-electron chi connectivity index (χ4n) is 5.95. The van der Waals surface area contributed by atoms with Crippen LogP contribution >= 0.6 is 0 Å². The van der Waals surface area contributed by atoms with Crippen LogP contribution in [0.5, 0.6) is 0 Å². The Bertz CT molecular complexity index is 958. The highest BCUT2D eigenvalue weighted by Gasteiger charge is 2.54. The molecule has 4 saturated carbocycles. The number of H-pyrrole nitrogens is 1. The molecule has 9 nitrogen and oxygen atoms in total. The summed E-state index contributed by atoms with van der Waals surface area (Å²) in [6, 6.07) is 2.53. The topological polar surface area (TPSA) is 151 Å². The average Bonchev–Trinajstić information content (AvgIpc) is 3.19. The van der Waals surface area contributed by atoms with Gasteiger partial charge in [0, 0.05) is 35.9 Å². The number of carboxylic acid groups (broad SMARTS) is 1. The Morgan fingerprint density at radius 1 is 1.32 bits per heavy atom. The molecule has 2 aromatic heterocycles. The summed E-state index contributed by atoms with van der Waals surface area (Å²) >= 11 is 0. The number of esters is 1. The van der Waals surface area contributed by atoms with Crippen LogP contribution in [0.2, 0.25) is 0 Å². The molecule has 0 aromatic carbocycles. The Kier molecular flexibility index (Phi) is 5.90. The fraction of sp³-hybridized carbons (Fsp3) is 0.591. The first-order valence-corrected chi connectivity index (χ1v) is 10.9. The number of aromatic amines is 1. The van der Waals surface area contributed by atoms with E-state index in [9.17, 15) is 14.7 Å². The zero-order valence-corrected chi connectivity index (χ0v) is 17.6. The van der Waals surface area contributed by atoms with Gasteiger partial charge in [0.15, 0.2) is 0 Å². The lowest BCUT2D eigenvalue weighted by Crippen LogP contribution is -2.59. The number of fused-ring (bicyclic) bond motifs is 1. The van der Waals surface area contributed by atoms with Crippen LogP contribution in [0.1, 0.15) is 44.6 Å². The Hall–Kier alpha value is -2.65. The van der Waals surface area contributed by atoms with Gasteiger partial charge in [-0.2, -0.15) is 0 Å². The average molecular weight is 431 g/mol. The number of hydrogen-bond donors (Lipinski definition) is 5. The Labute approximate surface area is 180 Å². The van der Waals surface area contributed by atoms with E-state index in [1.807, 2.05) is 12.4 Å². The predicted octanol–water partition coefficient (Wildman–Crippen LogP) is 2.01. The van der Waals surface area contributed by atoms with Crippen LogP contribution in [-0.4, -0.2) is 50.4 Å². The van der Waals surface area contributed by atoms with Crippen LogP contribution in [0.25, 0.3) is 11.0 Å². The van der Waals surface area contributed by atoms with Crippen molar-refractivity contribution in [3.63, 3.8) is 0 Å². The third-order valence-corrected chi connectivity index (χ3v) is 6.89. The number of carboxylic acids is 1. The van der Waals surface area contributed by atoms with Crippen LogP contribution in [0.3, 0.4) is 0 Å². The number of carbonyl (C=O) groups is 2. The van der Waals surface area contributed by atoms with Crippen molar-refractivity contribution in [2.24, 2.45) is 23.5 Å². The van der Waals surface area contributed by atoms with Crippen molar-refractivity contribution in [2.45, 2.75) is 57.2 Å². The van der Waals surface area contributed by atoms with Gasteiger partial charge in [0.25, 0.3) is 0 Å². The smallest absolute Gasteiger partial charge is 0.417 e. The molecule has 4 aliphatic carbocycles. The van der Waals surface area contributed by atoms with E-state index in [0.29, 0.717) is 24.4 Å². The third kappa shape index (κ3) is 4.24. The molecular weight excluding hydrogens is 400 g/mol. The number of aliphatic carboxylic acids is 1. The number of rotatable bonds is 4. The molecule has 2 aromatic rings. The molecule has 3 unspecified atom stereocenters. The molecule has 0 saturated heterocycles. The number of aliphatic hydroxyl groups is 1. The molecule has 0 radical (unpaired) electrons. The minimum atomic E-state index is -1.55. The van der Waals surface area contributed by atoms with E-state index in [1.165, 1.54) is 12.8 Å². The number of nitrogens with zero attached hydrogens (tertiary/aromatic N) is 1. The standard InChI is InChI=1S/C18H24N4O.C4H6O4/c19-8-13-9-21-17-14(1-2-20-17)16(13)22-15-11-3-10-4-12(15)7-18(23,5-10)6-11;1-2-8-4(7)3(5)6/h1-2,9-12,15,23H,3-8,19H2,(H2,20,21,22);2H2,1H3,(H,5,6)/t10?,11-,12+,15?,18?;. The predicted molar refractivity (Wildman–Crippen MR) is 114 cm³/mol. The van der Waals surface area contributed by atoms with Crippen LogP contribution in [0.15, 0.2) is 18.5 Å². The SMILES string of the molecule is CCOC(=O)C(=O)O.NCc1cnc2[nH]ccc2c1NC1[C@@H]2CC3C[C@H]1CC(O)(C3)C2. The van der Waals surface area contributed by atoms with Gasteiger partial charge in [0.2, 0.25) is 0 Å². The van der Waals surface area contributed by atoms with Gasteiger partial charge in [-0.15, -0.1) is 0 Å². The number of aromatic nitrogens is 2. The molecule has 2 heterocycles. The fourth-order valence-corrected chi connectivity index (χ4v) is 5.95. The summed E-state index contributed by atoms with van der Waals surface area (Å²) < 4.78 is 4.06. The van der Waals surface area contributed by atoms with Crippen molar-refractivity contribution in [2.75, 3.05) is 11.9 Å². The molecule has 5 atom stereocenters. The zero-order chi connectivity index (χ0) is 22.2. The van der Waals surface area contributed by atoms with Gasteiger partial charge in [0.1, 0.15) is 5.65 Å². The third-order valence-electron chi connectivity index (χ3n) is 6.89. The summed E-state index contributed by atoms with van der Waals surface area (Å²) in [4.78, 5) is 27.2. The monoisotopic (exact) mass is 430 g/mol. The van der Waals surface area contributed by atoms with Gasteiger partial charge in [0.05, 0.1) is 17.9 Å². The van der Waals surface area contributed by atoms with E-state index in [1.54, 1.807) is 6.92 Å². The molecule has 31 heavy (non-hydrogen) atoms. The van der Waals surface area contributed by atoms with Crippen molar-refractivity contribution >= 4 is 28.7 Å². The molecule has 6 rings (SSSR count). The number of nitrogens with two attached hydrogens (primary N) is 1. The van der Waals surface area contributed by atoms with Crippen LogP contribution in [-0.2, 0) is 20.9 Å². The highest BCUT2D eigenvalue weighted by Crippen LogP contribution is 2.56. The Morgan fingerprint density at radius 3 is 2.58 bits per heavy atom. The molecule has 168 valence electrons. The molecule has 0 aliphatic heterocycles. The lowest BCUT2D eigenvalue weighted by molar-refractivity contribution is -0.163. The van der Waals surface area contributed by atoms with E-state index < -0.39 is 11.9 Å². The van der Waals surface area contributed by atoms with Gasteiger partial charge in [-0.3, -0.25) is 0 Å². The van der Waals surface area contributed by atoms with Crippen LogP contribution in [0.4, 0.5) is 5.69 Å². The second kappa shape index (κ2) is 8.47. The first-order valence-electron chi connectivity index (χ1n) is 10.9. The second-order valence-corrected chi connectivity index (χ2v) is 8.99. The van der Waals surface area contributed by atoms with Gasteiger partial charge in [-0.05, 0) is 62.8 Å². The minimum absolute atomic E-state index is 0.102. The van der Waals surface area contributed by atoms with Crippen molar-refractivity contribution in [3.8, 4) is 0 Å². The summed E-state index contributed by atoms with van der Waals surface area (Å²) in [5.41, 5.74) is 8.69. The molecule has 4 aliphatic rings. The number of pyridine rings is 1. The minimum Gasteiger partial charge on any atom is -0.473 e. The maximum absolute atomic E-state index is 10.8. The normalized spacial score (nSPS) is 30.5. The number of nitrogens with one attached hydrogen (secondary N) is 2. The largest absolute Gasteiger partial charge is 0.473 e. The number of ether oxygens (including phenoxy) is 1. The molecule has 4 fully saturated rings. The lowest BCUT2D eigenvalue weighted by atomic mass is 9.52. The lowest BCUT2D eigenvalue weighted by Gasteiger charge is -2.58. The summed E-state index contributed by atoms with van der Waals surface area (Å²) in [5, 5.41) is 23.6. The molecule has 0 amide bonds. The van der Waals surface area contributed by atoms with Crippen LogP contribution < -0.4 is 11.1 Å². The van der Waals surface area contributed by atoms with Gasteiger partial charge < -0.3 is 31.0 Å². The number of carbonyl (C=O) groups excluding carboxylic acids is 1. The molecule has 4 bridgehead atoms. The van der Waals surface area contributed by atoms with Crippen molar-refractivity contribution in [1.29, 1.82) is 0 Å². The van der Waals surface area contributed by atoms with E-state index >= 15 is 0 Å². The first-order chi connectivity index (χ1) is 14.8. The summed E-state index contributed by atoms with van der Waals surface area (Å²) in [6.45, 7) is 2.14. The highest BCUT2D eigenvalue weighted by molar-refractivity contribution is 6.28. The maximum atomic E-state index is 10.8. The van der Waals surface area contributed by atoms with Crippen LogP contribution in [0, 0.1) is 17.8 Å². The van der Waals surface area contributed by atoms with E-state index in [2.05, 4.69) is 26.1 Å². The van der Waals surface area contributed by atoms with E-state index in [4.69, 9.17) is 10.8 Å². The second-order valence-electron chi connectivity index (χ2n) is 8.99. The summed E-state index contributed by atoms with van der Waals surface area (Å²) in [6.07, 6.45) is 9.27. The summed E-state index contributed by atoms with van der Waals surface area (Å²) in [5.74, 6) is -0.855. The van der Waals surface area contributed by atoms with Crippen molar-refractivity contribution in [3.05, 3.63) is 24.0 Å². The molecule has 6 N–H and O–H groups in total. The number of anilines is 1. The van der Waals surface area contributed by atoms with Crippen molar-refractivity contribution < 1.29 is 24.5 Å². The molecule has 9 heteroatoms. The molecular formula is C22H30N4O5. The van der Waals surface area contributed by atoms with Gasteiger partial charge in [-0.25, -0.2) is 14.6 Å². The first kappa shape index (κ1) is 21.6. The van der Waals surface area contributed by atoms with Gasteiger partial charge >= 0.3 is 11.9 Å². The van der Waals surface area contributed by atoms with Gasteiger partial charge in [-0.1, -0.05) is 0 Å². The Balaban J connectivity index is 0.000000250. The zero-order valence-electron chi connectivity index (χ0n) is 17.6. The highest BCUT2D eigenvalue weighted by atomic mass is 16.6. The number of hydrogen-bond acceptors (Lipinski definition) is 7. The maximum Gasteiger partial charge on any atom is 0.417 e. The summed E-state index contributed by atoms with van der Waals surface area (Å²) in [7, 11) is 0. The molecule has 0 spiro atoms. The van der Waals surface area contributed by atoms with Crippen molar-refractivity contribution in [1.82, 2.24) is 9.97 Å².